The maximum Gasteiger partial charge on any atom is 0.247 e. The van der Waals surface area contributed by atoms with Gasteiger partial charge in [0.25, 0.3) is 0 Å². The van der Waals surface area contributed by atoms with Gasteiger partial charge in [-0.05, 0) is 28.8 Å². The smallest absolute Gasteiger partial charge is 0.247 e. The Kier molecular flexibility index (Phi) is 6.52. The van der Waals surface area contributed by atoms with Gasteiger partial charge in [0.1, 0.15) is 11.9 Å². The molecule has 2 N–H and O–H groups in total. The van der Waals surface area contributed by atoms with Crippen molar-refractivity contribution in [1.82, 2.24) is 10.4 Å². The van der Waals surface area contributed by atoms with E-state index in [1.165, 1.54) is 5.39 Å². The summed E-state index contributed by atoms with van der Waals surface area (Å²) >= 11 is 0. The molecule has 2 aromatic rings. The number of nitrogens with one attached hydrogen (secondary N) is 1. The van der Waals surface area contributed by atoms with Crippen molar-refractivity contribution >= 4 is 22.6 Å². The summed E-state index contributed by atoms with van der Waals surface area (Å²) in [5.74, 6) is -0.249. The Balaban J connectivity index is 1.53. The summed E-state index contributed by atoms with van der Waals surface area (Å²) in [5.41, 5.74) is 1.67. The molecule has 1 unspecified atom stereocenters. The zero-order valence-electron chi connectivity index (χ0n) is 16.4. The number of carbonyl (C=O) groups is 2. The standard InChI is InChI=1S/C22H28N2O4/c1-15(2)20(22(26)23-27)14-21(25)24-11-9-18(10-12-24)28-19-8-7-16-5-3-4-6-17(16)13-19/h3-8,13,15,18,20,27H,9-12,14H2,1-2H3,(H,23,26). The molecule has 1 heterocycles. The van der Waals surface area contributed by atoms with Gasteiger partial charge in [-0.25, -0.2) is 5.48 Å². The molecule has 0 radical (unpaired) electrons. The molecule has 6 nitrogen and oxygen atoms in total. The molecule has 0 aromatic heterocycles. The first-order valence-electron chi connectivity index (χ1n) is 9.85. The fraction of sp³-hybridized carbons (Fsp3) is 0.455. The number of hydrogen-bond donors (Lipinski definition) is 2. The van der Waals surface area contributed by atoms with Crippen LogP contribution in [-0.2, 0) is 9.59 Å². The van der Waals surface area contributed by atoms with Crippen molar-refractivity contribution < 1.29 is 19.5 Å². The van der Waals surface area contributed by atoms with Crippen LogP contribution in [0.5, 0.6) is 5.75 Å². The van der Waals surface area contributed by atoms with E-state index in [-0.39, 0.29) is 24.3 Å². The Hall–Kier alpha value is -2.60. The Morgan fingerprint density at radius 2 is 1.82 bits per heavy atom. The van der Waals surface area contributed by atoms with E-state index in [0.717, 1.165) is 24.0 Å². The van der Waals surface area contributed by atoms with Gasteiger partial charge in [-0.3, -0.25) is 14.8 Å². The van der Waals surface area contributed by atoms with Crippen molar-refractivity contribution in [3.63, 3.8) is 0 Å². The van der Waals surface area contributed by atoms with E-state index < -0.39 is 11.8 Å². The van der Waals surface area contributed by atoms with Crippen LogP contribution in [0.1, 0.15) is 33.1 Å². The number of carbonyl (C=O) groups excluding carboxylic acids is 2. The molecule has 0 saturated carbocycles. The van der Waals surface area contributed by atoms with Gasteiger partial charge in [0, 0.05) is 32.4 Å². The summed E-state index contributed by atoms with van der Waals surface area (Å²) in [6, 6.07) is 14.3. The molecule has 1 atom stereocenters. The number of benzene rings is 2. The number of ether oxygens (including phenoxy) is 1. The van der Waals surface area contributed by atoms with Crippen molar-refractivity contribution in [3.05, 3.63) is 42.5 Å². The van der Waals surface area contributed by atoms with E-state index in [0.29, 0.717) is 13.1 Å². The van der Waals surface area contributed by atoms with Crippen LogP contribution in [0.3, 0.4) is 0 Å². The van der Waals surface area contributed by atoms with Gasteiger partial charge in [0.2, 0.25) is 11.8 Å². The Morgan fingerprint density at radius 1 is 1.14 bits per heavy atom. The summed E-state index contributed by atoms with van der Waals surface area (Å²) in [6.45, 7) is 4.97. The first-order chi connectivity index (χ1) is 13.5. The second-order valence-electron chi connectivity index (χ2n) is 7.74. The first-order valence-corrected chi connectivity index (χ1v) is 9.85. The largest absolute Gasteiger partial charge is 0.490 e. The lowest BCUT2D eigenvalue weighted by molar-refractivity contribution is -0.142. The Bertz CT molecular complexity index is 828. The van der Waals surface area contributed by atoms with Crippen molar-refractivity contribution in [2.24, 2.45) is 11.8 Å². The van der Waals surface area contributed by atoms with E-state index in [9.17, 15) is 9.59 Å². The van der Waals surface area contributed by atoms with Gasteiger partial charge in [-0.2, -0.15) is 0 Å². The molecule has 0 aliphatic carbocycles. The highest BCUT2D eigenvalue weighted by Crippen LogP contribution is 2.25. The molecule has 2 amide bonds. The monoisotopic (exact) mass is 384 g/mol. The Morgan fingerprint density at radius 3 is 2.46 bits per heavy atom. The molecule has 1 aliphatic rings. The fourth-order valence-corrected chi connectivity index (χ4v) is 3.69. The van der Waals surface area contributed by atoms with Gasteiger partial charge in [-0.15, -0.1) is 0 Å². The van der Waals surface area contributed by atoms with Crippen LogP contribution in [0.2, 0.25) is 0 Å². The van der Waals surface area contributed by atoms with E-state index in [4.69, 9.17) is 9.94 Å². The molecule has 28 heavy (non-hydrogen) atoms. The topological polar surface area (TPSA) is 78.9 Å². The maximum absolute atomic E-state index is 12.6. The van der Waals surface area contributed by atoms with Crippen LogP contribution in [0.15, 0.2) is 42.5 Å². The molecule has 1 fully saturated rings. The molecule has 150 valence electrons. The first kappa shape index (κ1) is 20.1. The third-order valence-electron chi connectivity index (χ3n) is 5.46. The highest BCUT2D eigenvalue weighted by Gasteiger charge is 2.29. The molecule has 2 aromatic carbocycles. The molecule has 0 bridgehead atoms. The van der Waals surface area contributed by atoms with Gasteiger partial charge in [0.05, 0.1) is 5.92 Å². The maximum atomic E-state index is 12.6. The minimum Gasteiger partial charge on any atom is -0.490 e. The number of likely N-dealkylation sites (tertiary alicyclic amines) is 1. The zero-order chi connectivity index (χ0) is 20.1. The lowest BCUT2D eigenvalue weighted by atomic mass is 9.91. The van der Waals surface area contributed by atoms with E-state index in [1.54, 1.807) is 10.4 Å². The van der Waals surface area contributed by atoms with Crippen LogP contribution in [0.4, 0.5) is 0 Å². The predicted octanol–water partition coefficient (Wildman–Crippen LogP) is 3.38. The predicted molar refractivity (Wildman–Crippen MR) is 107 cm³/mol. The van der Waals surface area contributed by atoms with Crippen LogP contribution >= 0.6 is 0 Å². The molecular formula is C22H28N2O4. The van der Waals surface area contributed by atoms with Crippen LogP contribution < -0.4 is 10.2 Å². The summed E-state index contributed by atoms with van der Waals surface area (Å²) in [5, 5.41) is 11.2. The number of hydrogen-bond acceptors (Lipinski definition) is 4. The molecular weight excluding hydrogens is 356 g/mol. The normalized spacial score (nSPS) is 16.2. The average Bonchev–Trinajstić information content (AvgIpc) is 2.71. The molecule has 0 spiro atoms. The number of rotatable bonds is 6. The van der Waals surface area contributed by atoms with Crippen LogP contribution in [0, 0.1) is 11.8 Å². The molecule has 1 aliphatic heterocycles. The lowest BCUT2D eigenvalue weighted by Gasteiger charge is -2.33. The van der Waals surface area contributed by atoms with Crippen molar-refractivity contribution in [2.45, 2.75) is 39.2 Å². The number of nitrogens with zero attached hydrogens (tertiary/aromatic N) is 1. The SMILES string of the molecule is CC(C)C(CC(=O)N1CCC(Oc2ccc3ccccc3c2)CC1)C(=O)NO. The van der Waals surface area contributed by atoms with Crippen LogP contribution in [-0.4, -0.2) is 41.1 Å². The Labute approximate surface area is 165 Å². The van der Waals surface area contributed by atoms with Crippen molar-refractivity contribution in [2.75, 3.05) is 13.1 Å². The minimum atomic E-state index is -0.524. The average molecular weight is 384 g/mol. The van der Waals surface area contributed by atoms with E-state index >= 15 is 0 Å². The minimum absolute atomic E-state index is 0.0233. The number of fused-ring (bicyclic) bond motifs is 1. The van der Waals surface area contributed by atoms with E-state index in [2.05, 4.69) is 18.2 Å². The molecule has 6 heteroatoms. The fourth-order valence-electron chi connectivity index (χ4n) is 3.69. The lowest BCUT2D eigenvalue weighted by Crippen LogP contribution is -2.44. The second-order valence-corrected chi connectivity index (χ2v) is 7.74. The highest BCUT2D eigenvalue weighted by molar-refractivity contribution is 5.85. The zero-order valence-corrected chi connectivity index (χ0v) is 16.4. The van der Waals surface area contributed by atoms with Gasteiger partial charge >= 0.3 is 0 Å². The van der Waals surface area contributed by atoms with Gasteiger partial charge in [0.15, 0.2) is 0 Å². The third-order valence-corrected chi connectivity index (χ3v) is 5.46. The van der Waals surface area contributed by atoms with Crippen molar-refractivity contribution in [1.29, 1.82) is 0 Å². The molecule has 3 rings (SSSR count). The summed E-state index contributed by atoms with van der Waals surface area (Å²) in [6.07, 6.45) is 1.71. The number of piperidine rings is 1. The van der Waals surface area contributed by atoms with Gasteiger partial charge < -0.3 is 9.64 Å². The number of hydroxylamine groups is 1. The third kappa shape index (κ3) is 4.81. The van der Waals surface area contributed by atoms with E-state index in [1.807, 2.05) is 38.1 Å². The van der Waals surface area contributed by atoms with Gasteiger partial charge in [-0.1, -0.05) is 44.2 Å². The summed E-state index contributed by atoms with van der Waals surface area (Å²) in [7, 11) is 0. The quantitative estimate of drug-likeness (QED) is 0.591. The second kappa shape index (κ2) is 9.06. The highest BCUT2D eigenvalue weighted by atomic mass is 16.5. The van der Waals surface area contributed by atoms with Crippen LogP contribution in [0.25, 0.3) is 10.8 Å². The molecule has 1 saturated heterocycles. The summed E-state index contributed by atoms with van der Waals surface area (Å²) in [4.78, 5) is 26.1. The number of amides is 2. The summed E-state index contributed by atoms with van der Waals surface area (Å²) < 4.78 is 6.13. The van der Waals surface area contributed by atoms with Crippen molar-refractivity contribution in [3.8, 4) is 5.75 Å².